The Balaban J connectivity index is 1.37. The lowest BCUT2D eigenvalue weighted by atomic mass is 9.96. The number of benzene rings is 2. The van der Waals surface area contributed by atoms with Crippen LogP contribution in [0.15, 0.2) is 55.0 Å². The number of nitrogens with zero attached hydrogens (tertiary/aromatic N) is 5. The van der Waals surface area contributed by atoms with E-state index in [1.807, 2.05) is 12.1 Å². The Morgan fingerprint density at radius 2 is 1.89 bits per heavy atom. The van der Waals surface area contributed by atoms with Gasteiger partial charge in [-0.3, -0.25) is 0 Å². The van der Waals surface area contributed by atoms with Crippen molar-refractivity contribution < 1.29 is 17.9 Å². The molecular formula is C26H22ClF3N6O. The standard InChI is InChI=1S/C26H22ClF3N6O/c1-37-21-10-17(6-9-20(21)35-11-22(27)31-14-35)32-25-33-23-18(15-2-4-16(28)5-3-15)7-8-19(23)24(34-25)36-12-26(29,30)13-36/h2-6,9-11,14,18H,7-8,12-13H2,1H3,(H,32,33,34). The number of nitrogens with one attached hydrogen (secondary N) is 1. The normalized spacial score (nSPS) is 17.9. The second kappa shape index (κ2) is 8.95. The van der Waals surface area contributed by atoms with Crippen LogP contribution in [0, 0.1) is 5.82 Å². The van der Waals surface area contributed by atoms with Gasteiger partial charge in [0.05, 0.1) is 31.6 Å². The van der Waals surface area contributed by atoms with Crippen LogP contribution < -0.4 is 15.0 Å². The monoisotopic (exact) mass is 526 g/mol. The molecule has 1 aliphatic carbocycles. The van der Waals surface area contributed by atoms with Gasteiger partial charge in [0, 0.05) is 29.4 Å². The van der Waals surface area contributed by atoms with Gasteiger partial charge in [-0.25, -0.2) is 23.1 Å². The van der Waals surface area contributed by atoms with E-state index in [9.17, 15) is 13.2 Å². The average molecular weight is 527 g/mol. The van der Waals surface area contributed by atoms with Crippen LogP contribution in [0.3, 0.4) is 0 Å². The number of ether oxygens (including phenoxy) is 1. The summed E-state index contributed by atoms with van der Waals surface area (Å²) in [4.78, 5) is 15.1. The summed E-state index contributed by atoms with van der Waals surface area (Å²) >= 11 is 5.96. The predicted molar refractivity (Wildman–Crippen MR) is 134 cm³/mol. The zero-order valence-electron chi connectivity index (χ0n) is 19.8. The third-order valence-corrected chi connectivity index (χ3v) is 6.91. The van der Waals surface area contributed by atoms with Crippen molar-refractivity contribution in [1.82, 2.24) is 19.5 Å². The Bertz CT molecular complexity index is 1470. The van der Waals surface area contributed by atoms with Crippen LogP contribution in [-0.2, 0) is 6.42 Å². The highest BCUT2D eigenvalue weighted by molar-refractivity contribution is 6.29. The van der Waals surface area contributed by atoms with Crippen molar-refractivity contribution in [3.05, 3.63) is 82.8 Å². The van der Waals surface area contributed by atoms with Crippen molar-refractivity contribution in [3.63, 3.8) is 0 Å². The van der Waals surface area contributed by atoms with Gasteiger partial charge >= 0.3 is 0 Å². The zero-order valence-corrected chi connectivity index (χ0v) is 20.5. The van der Waals surface area contributed by atoms with Crippen LogP contribution in [0.2, 0.25) is 5.15 Å². The summed E-state index contributed by atoms with van der Waals surface area (Å²) in [6, 6.07) is 11.8. The number of halogens is 4. The number of hydrogen-bond acceptors (Lipinski definition) is 6. The third-order valence-electron chi connectivity index (χ3n) is 6.71. The second-order valence-electron chi connectivity index (χ2n) is 9.20. The number of methoxy groups -OCH3 is 1. The minimum atomic E-state index is -2.74. The van der Waals surface area contributed by atoms with E-state index in [1.165, 1.54) is 12.1 Å². The zero-order chi connectivity index (χ0) is 25.7. The first-order valence-electron chi connectivity index (χ1n) is 11.7. The highest BCUT2D eigenvalue weighted by Gasteiger charge is 2.46. The molecule has 0 amide bonds. The minimum absolute atomic E-state index is 0.0809. The van der Waals surface area contributed by atoms with Crippen molar-refractivity contribution in [1.29, 1.82) is 0 Å². The van der Waals surface area contributed by atoms with Gasteiger partial charge in [0.2, 0.25) is 5.95 Å². The number of alkyl halides is 2. The van der Waals surface area contributed by atoms with Crippen LogP contribution in [0.25, 0.3) is 5.69 Å². The lowest BCUT2D eigenvalue weighted by Gasteiger charge is -2.40. The maximum absolute atomic E-state index is 13.8. The maximum Gasteiger partial charge on any atom is 0.282 e. The fourth-order valence-electron chi connectivity index (χ4n) is 4.97. The molecule has 0 spiro atoms. The summed E-state index contributed by atoms with van der Waals surface area (Å²) in [5.41, 5.74) is 3.95. The van der Waals surface area contributed by atoms with Gasteiger partial charge in [0.1, 0.15) is 28.9 Å². The molecule has 190 valence electrons. The first kappa shape index (κ1) is 23.6. The van der Waals surface area contributed by atoms with Gasteiger partial charge in [-0.2, -0.15) is 4.98 Å². The molecule has 3 heterocycles. The molecule has 1 aliphatic heterocycles. The fraction of sp³-hybridized carbons (Fsp3) is 0.269. The molecule has 0 bridgehead atoms. The van der Waals surface area contributed by atoms with Crippen molar-refractivity contribution >= 4 is 29.1 Å². The number of imidazole rings is 1. The van der Waals surface area contributed by atoms with Crippen molar-refractivity contribution in [2.75, 3.05) is 30.4 Å². The summed E-state index contributed by atoms with van der Waals surface area (Å²) in [5, 5.41) is 3.57. The molecule has 1 atom stereocenters. The first-order valence-corrected chi connectivity index (χ1v) is 12.1. The van der Waals surface area contributed by atoms with Crippen LogP contribution in [0.1, 0.15) is 29.2 Å². The van der Waals surface area contributed by atoms with Crippen LogP contribution in [0.5, 0.6) is 5.75 Å². The van der Waals surface area contributed by atoms with E-state index in [4.69, 9.17) is 21.3 Å². The van der Waals surface area contributed by atoms with Gasteiger partial charge in [0.25, 0.3) is 5.92 Å². The number of rotatable bonds is 6. The number of hydrogen-bond donors (Lipinski definition) is 1. The quantitative estimate of drug-likeness (QED) is 0.345. The molecule has 37 heavy (non-hydrogen) atoms. The molecule has 4 aromatic rings. The minimum Gasteiger partial charge on any atom is -0.494 e. The molecule has 6 rings (SSSR count). The van der Waals surface area contributed by atoms with Gasteiger partial charge in [0.15, 0.2) is 0 Å². The van der Waals surface area contributed by atoms with E-state index in [-0.39, 0.29) is 24.8 Å². The molecule has 0 saturated carbocycles. The van der Waals surface area contributed by atoms with Gasteiger partial charge in [-0.05, 0) is 42.7 Å². The van der Waals surface area contributed by atoms with E-state index in [2.05, 4.69) is 15.3 Å². The Hall–Kier alpha value is -3.79. The lowest BCUT2D eigenvalue weighted by Crippen LogP contribution is -2.57. The molecule has 7 nitrogen and oxygen atoms in total. The van der Waals surface area contributed by atoms with Crippen molar-refractivity contribution in [2.45, 2.75) is 24.7 Å². The Morgan fingerprint density at radius 1 is 1.11 bits per heavy atom. The molecule has 1 N–H and O–H groups in total. The van der Waals surface area contributed by atoms with E-state index >= 15 is 0 Å². The average Bonchev–Trinajstić information content (AvgIpc) is 3.49. The van der Waals surface area contributed by atoms with E-state index < -0.39 is 5.92 Å². The number of fused-ring (bicyclic) bond motifs is 1. The molecule has 2 aliphatic rings. The van der Waals surface area contributed by atoms with Gasteiger partial charge < -0.3 is 19.5 Å². The van der Waals surface area contributed by atoms with Gasteiger partial charge in [-0.1, -0.05) is 23.7 Å². The molecule has 0 radical (unpaired) electrons. The highest BCUT2D eigenvalue weighted by atomic mass is 35.5. The summed E-state index contributed by atoms with van der Waals surface area (Å²) in [6.45, 7) is -0.764. The summed E-state index contributed by atoms with van der Waals surface area (Å²) in [5.74, 6) is -1.77. The lowest BCUT2D eigenvalue weighted by molar-refractivity contribution is -0.0267. The summed E-state index contributed by atoms with van der Waals surface area (Å²) < 4.78 is 48.3. The van der Waals surface area contributed by atoms with Gasteiger partial charge in [-0.15, -0.1) is 0 Å². The highest BCUT2D eigenvalue weighted by Crippen LogP contribution is 2.44. The molecule has 1 fully saturated rings. The Morgan fingerprint density at radius 3 is 2.57 bits per heavy atom. The fourth-order valence-corrected chi connectivity index (χ4v) is 5.12. The summed E-state index contributed by atoms with van der Waals surface area (Å²) in [6.07, 6.45) is 4.65. The molecule has 2 aromatic carbocycles. The van der Waals surface area contributed by atoms with E-state index in [0.29, 0.717) is 34.8 Å². The van der Waals surface area contributed by atoms with Crippen molar-refractivity contribution in [2.24, 2.45) is 0 Å². The Labute approximate surface area is 215 Å². The van der Waals surface area contributed by atoms with Crippen LogP contribution in [-0.4, -0.2) is 45.6 Å². The SMILES string of the molecule is COc1cc(Nc2nc3c(c(N4CC(F)(F)C4)n2)CCC3c2ccc(F)cc2)ccc1-n1cnc(Cl)c1. The van der Waals surface area contributed by atoms with Crippen LogP contribution >= 0.6 is 11.6 Å². The molecule has 1 unspecified atom stereocenters. The Kier molecular flexibility index (Phi) is 5.71. The molecule has 2 aromatic heterocycles. The predicted octanol–water partition coefficient (Wildman–Crippen LogP) is 5.74. The van der Waals surface area contributed by atoms with Crippen molar-refractivity contribution in [3.8, 4) is 11.4 Å². The number of anilines is 3. The van der Waals surface area contributed by atoms with Crippen LogP contribution in [0.4, 0.5) is 30.6 Å². The largest absolute Gasteiger partial charge is 0.494 e. The molecule has 1 saturated heterocycles. The van der Waals surface area contributed by atoms with E-state index in [1.54, 1.807) is 47.3 Å². The second-order valence-corrected chi connectivity index (χ2v) is 9.59. The molecule has 11 heteroatoms. The van der Waals surface area contributed by atoms with E-state index in [0.717, 1.165) is 28.9 Å². The summed E-state index contributed by atoms with van der Waals surface area (Å²) in [7, 11) is 1.56. The third kappa shape index (κ3) is 4.46. The topological polar surface area (TPSA) is 68.1 Å². The maximum atomic E-state index is 13.8. The molecular weight excluding hydrogens is 505 g/mol. The smallest absolute Gasteiger partial charge is 0.282 e. The number of aromatic nitrogens is 4. The first-order chi connectivity index (χ1) is 17.8.